The van der Waals surface area contributed by atoms with Gasteiger partial charge in [-0.25, -0.2) is 0 Å². The van der Waals surface area contributed by atoms with Gasteiger partial charge in [0, 0.05) is 11.3 Å². The second-order valence-corrected chi connectivity index (χ2v) is 3.05. The smallest absolute Gasteiger partial charge is 0.133 e. The first-order valence-corrected chi connectivity index (χ1v) is 4.17. The molecule has 1 aromatic carbocycles. The highest BCUT2D eigenvalue weighted by Crippen LogP contribution is 2.23. The lowest BCUT2D eigenvalue weighted by Crippen LogP contribution is -1.89. The zero-order valence-corrected chi connectivity index (χ0v) is 7.45. The van der Waals surface area contributed by atoms with Gasteiger partial charge in [0.15, 0.2) is 0 Å². The van der Waals surface area contributed by atoms with Crippen molar-refractivity contribution >= 4 is 5.69 Å². The molecule has 2 aromatic rings. The van der Waals surface area contributed by atoms with Gasteiger partial charge in [-0.05, 0) is 30.7 Å². The van der Waals surface area contributed by atoms with Crippen LogP contribution in [0.1, 0.15) is 5.56 Å². The Bertz CT molecular complexity index is 404. The van der Waals surface area contributed by atoms with Crippen molar-refractivity contribution in [1.29, 1.82) is 0 Å². The first kappa shape index (κ1) is 7.92. The van der Waals surface area contributed by atoms with Crippen molar-refractivity contribution in [2.75, 3.05) is 5.73 Å². The lowest BCUT2D eigenvalue weighted by atomic mass is 10.1. The van der Waals surface area contributed by atoms with Crippen LogP contribution in [0.25, 0.3) is 11.3 Å². The highest BCUT2D eigenvalue weighted by atomic mass is 16.3. The summed E-state index contributed by atoms with van der Waals surface area (Å²) < 4.78 is 5.26. The zero-order chi connectivity index (χ0) is 9.26. The van der Waals surface area contributed by atoms with Crippen molar-refractivity contribution in [3.63, 3.8) is 0 Å². The fourth-order valence-electron chi connectivity index (χ4n) is 1.24. The Balaban J connectivity index is 2.49. The van der Waals surface area contributed by atoms with E-state index in [4.69, 9.17) is 10.2 Å². The largest absolute Gasteiger partial charge is 0.464 e. The molecule has 13 heavy (non-hydrogen) atoms. The summed E-state index contributed by atoms with van der Waals surface area (Å²) >= 11 is 0. The number of nitrogen functional groups attached to an aromatic ring is 1. The molecule has 1 heterocycles. The molecular weight excluding hydrogens is 162 g/mol. The van der Waals surface area contributed by atoms with Gasteiger partial charge in [-0.1, -0.05) is 12.1 Å². The maximum Gasteiger partial charge on any atom is 0.133 e. The van der Waals surface area contributed by atoms with Crippen LogP contribution in [0.4, 0.5) is 5.69 Å². The molecule has 2 rings (SSSR count). The molecule has 0 saturated heterocycles. The summed E-state index contributed by atoms with van der Waals surface area (Å²) in [5, 5.41) is 0. The van der Waals surface area contributed by atoms with Crippen LogP contribution in [0.15, 0.2) is 41.0 Å². The molecule has 0 spiro atoms. The Labute approximate surface area is 77.0 Å². The Morgan fingerprint density at radius 1 is 1.23 bits per heavy atom. The monoisotopic (exact) mass is 173 g/mol. The molecule has 2 N–H and O–H groups in total. The quantitative estimate of drug-likeness (QED) is 0.673. The van der Waals surface area contributed by atoms with Crippen LogP contribution in [0.3, 0.4) is 0 Å². The van der Waals surface area contributed by atoms with E-state index < -0.39 is 0 Å². The molecule has 0 unspecified atom stereocenters. The number of nitrogens with two attached hydrogens (primary N) is 1. The maximum atomic E-state index is 5.79. The van der Waals surface area contributed by atoms with Crippen LogP contribution in [0.5, 0.6) is 0 Å². The zero-order valence-electron chi connectivity index (χ0n) is 7.45. The van der Waals surface area contributed by atoms with Crippen molar-refractivity contribution in [2.45, 2.75) is 6.92 Å². The third kappa shape index (κ3) is 1.43. The molecule has 0 amide bonds. The summed E-state index contributed by atoms with van der Waals surface area (Å²) in [6, 6.07) is 9.71. The van der Waals surface area contributed by atoms with Gasteiger partial charge in [0.05, 0.1) is 6.26 Å². The lowest BCUT2D eigenvalue weighted by molar-refractivity contribution is 0.582. The second-order valence-electron chi connectivity index (χ2n) is 3.05. The second kappa shape index (κ2) is 2.98. The van der Waals surface area contributed by atoms with Gasteiger partial charge < -0.3 is 10.2 Å². The molecule has 1 aromatic heterocycles. The van der Waals surface area contributed by atoms with Crippen LogP contribution in [-0.2, 0) is 0 Å². The van der Waals surface area contributed by atoms with Crippen molar-refractivity contribution in [1.82, 2.24) is 0 Å². The number of hydrogen-bond donors (Lipinski definition) is 1. The Morgan fingerprint density at radius 2 is 2.08 bits per heavy atom. The predicted molar refractivity (Wildman–Crippen MR) is 53.3 cm³/mol. The van der Waals surface area contributed by atoms with E-state index in [1.807, 2.05) is 37.3 Å². The van der Waals surface area contributed by atoms with Crippen molar-refractivity contribution < 1.29 is 4.42 Å². The maximum absolute atomic E-state index is 5.79. The van der Waals surface area contributed by atoms with Gasteiger partial charge in [-0.15, -0.1) is 0 Å². The predicted octanol–water partition coefficient (Wildman–Crippen LogP) is 2.84. The molecule has 0 radical (unpaired) electrons. The summed E-state index contributed by atoms with van der Waals surface area (Å²) in [7, 11) is 0. The molecule has 66 valence electrons. The summed E-state index contributed by atoms with van der Waals surface area (Å²) in [5.74, 6) is 0.853. The van der Waals surface area contributed by atoms with E-state index in [1.165, 1.54) is 0 Å². The van der Waals surface area contributed by atoms with Gasteiger partial charge in [-0.3, -0.25) is 0 Å². The minimum atomic E-state index is 0.800. The van der Waals surface area contributed by atoms with Gasteiger partial charge in [0.25, 0.3) is 0 Å². The normalized spacial score (nSPS) is 10.2. The Kier molecular flexibility index (Phi) is 1.81. The molecule has 0 saturated carbocycles. The van der Waals surface area contributed by atoms with Gasteiger partial charge >= 0.3 is 0 Å². The molecule has 0 aliphatic heterocycles. The molecule has 0 bridgehead atoms. The van der Waals surface area contributed by atoms with Crippen LogP contribution < -0.4 is 5.73 Å². The highest BCUT2D eigenvalue weighted by Gasteiger charge is 2.01. The van der Waals surface area contributed by atoms with E-state index in [2.05, 4.69) is 0 Å². The standard InChI is InChI=1S/C11H11NO/c1-8-4-5-9(7-10(8)12)11-3-2-6-13-11/h2-7H,12H2,1H3. The first-order chi connectivity index (χ1) is 6.27. The molecule has 0 atom stereocenters. The fourth-order valence-corrected chi connectivity index (χ4v) is 1.24. The highest BCUT2D eigenvalue weighted by molar-refractivity contribution is 5.64. The van der Waals surface area contributed by atoms with E-state index in [9.17, 15) is 0 Å². The average molecular weight is 173 g/mol. The summed E-state index contributed by atoms with van der Waals surface area (Å²) in [4.78, 5) is 0. The molecule has 0 fully saturated rings. The lowest BCUT2D eigenvalue weighted by Gasteiger charge is -2.01. The average Bonchev–Trinajstić information content (AvgIpc) is 2.62. The number of anilines is 1. The molecular formula is C11H11NO. The fraction of sp³-hybridized carbons (Fsp3) is 0.0909. The number of rotatable bonds is 1. The molecule has 2 heteroatoms. The third-order valence-corrected chi connectivity index (χ3v) is 2.08. The third-order valence-electron chi connectivity index (χ3n) is 2.08. The Hall–Kier alpha value is -1.70. The number of hydrogen-bond acceptors (Lipinski definition) is 2. The van der Waals surface area contributed by atoms with E-state index >= 15 is 0 Å². The number of benzene rings is 1. The van der Waals surface area contributed by atoms with E-state index in [0.29, 0.717) is 0 Å². The SMILES string of the molecule is Cc1ccc(-c2ccco2)cc1N. The van der Waals surface area contributed by atoms with Gasteiger partial charge in [-0.2, -0.15) is 0 Å². The summed E-state index contributed by atoms with van der Waals surface area (Å²) in [6.45, 7) is 1.99. The van der Waals surface area contributed by atoms with E-state index in [-0.39, 0.29) is 0 Å². The van der Waals surface area contributed by atoms with Crippen molar-refractivity contribution in [3.05, 3.63) is 42.2 Å². The number of furan rings is 1. The van der Waals surface area contributed by atoms with E-state index in [1.54, 1.807) is 6.26 Å². The van der Waals surface area contributed by atoms with Gasteiger partial charge in [0.2, 0.25) is 0 Å². The van der Waals surface area contributed by atoms with Gasteiger partial charge in [0.1, 0.15) is 5.76 Å². The Morgan fingerprint density at radius 3 is 2.69 bits per heavy atom. The number of aryl methyl sites for hydroxylation is 1. The minimum absolute atomic E-state index is 0.800. The van der Waals surface area contributed by atoms with Crippen LogP contribution in [-0.4, -0.2) is 0 Å². The van der Waals surface area contributed by atoms with Crippen LogP contribution >= 0.6 is 0 Å². The summed E-state index contributed by atoms with van der Waals surface area (Å²) in [5.41, 5.74) is 8.70. The van der Waals surface area contributed by atoms with Crippen molar-refractivity contribution in [3.8, 4) is 11.3 Å². The van der Waals surface area contributed by atoms with Crippen LogP contribution in [0, 0.1) is 6.92 Å². The molecule has 0 aliphatic carbocycles. The van der Waals surface area contributed by atoms with Crippen LogP contribution in [0.2, 0.25) is 0 Å². The summed E-state index contributed by atoms with van der Waals surface area (Å²) in [6.07, 6.45) is 1.66. The molecule has 2 nitrogen and oxygen atoms in total. The van der Waals surface area contributed by atoms with Crippen molar-refractivity contribution in [2.24, 2.45) is 0 Å². The molecule has 0 aliphatic rings. The van der Waals surface area contributed by atoms with E-state index in [0.717, 1.165) is 22.6 Å². The topological polar surface area (TPSA) is 39.2 Å². The first-order valence-electron chi connectivity index (χ1n) is 4.17. The minimum Gasteiger partial charge on any atom is -0.464 e.